The first-order valence-electron chi connectivity index (χ1n) is 10.5. The Morgan fingerprint density at radius 2 is 1.74 bits per heavy atom. The average molecular weight is 489 g/mol. The van der Waals surface area contributed by atoms with Crippen LogP contribution in [0.4, 0.5) is 19.7 Å². The van der Waals surface area contributed by atoms with Crippen LogP contribution in [0.1, 0.15) is 38.2 Å². The summed E-state index contributed by atoms with van der Waals surface area (Å²) in [7, 11) is 1.28. The van der Waals surface area contributed by atoms with E-state index in [-0.39, 0.29) is 12.2 Å². The van der Waals surface area contributed by atoms with Gasteiger partial charge in [-0.1, -0.05) is 35.9 Å². The van der Waals surface area contributed by atoms with Crippen LogP contribution in [0.15, 0.2) is 48.5 Å². The third kappa shape index (κ3) is 6.95. The molecular weight excluding hydrogens is 463 g/mol. The van der Waals surface area contributed by atoms with Gasteiger partial charge < -0.3 is 19.8 Å². The number of aromatic amines is 1. The van der Waals surface area contributed by atoms with Gasteiger partial charge in [-0.2, -0.15) is 0 Å². The zero-order valence-electron chi connectivity index (χ0n) is 19.2. The number of rotatable bonds is 6. The minimum Gasteiger partial charge on any atom is -0.453 e. The van der Waals surface area contributed by atoms with Gasteiger partial charge >= 0.3 is 12.2 Å². The van der Waals surface area contributed by atoms with Gasteiger partial charge in [-0.3, -0.25) is 5.32 Å². The molecule has 3 N–H and O–H groups in total. The Kier molecular flexibility index (Phi) is 7.78. The van der Waals surface area contributed by atoms with E-state index < -0.39 is 23.8 Å². The van der Waals surface area contributed by atoms with Crippen LogP contribution in [0.25, 0.3) is 11.3 Å². The molecule has 1 aromatic heterocycles. The van der Waals surface area contributed by atoms with Gasteiger partial charge in [0.25, 0.3) is 0 Å². The van der Waals surface area contributed by atoms with Crippen LogP contribution in [0.2, 0.25) is 5.15 Å². The molecule has 0 saturated carbocycles. The van der Waals surface area contributed by atoms with Crippen LogP contribution in [0.5, 0.6) is 0 Å². The van der Waals surface area contributed by atoms with Crippen molar-refractivity contribution in [2.45, 2.75) is 38.8 Å². The molecule has 1 atom stereocenters. The van der Waals surface area contributed by atoms with E-state index in [0.717, 1.165) is 5.56 Å². The number of hydrogen-bond donors (Lipinski definition) is 3. The zero-order valence-corrected chi connectivity index (χ0v) is 20.0. The number of nitrogens with zero attached hydrogens (tertiary/aromatic N) is 1. The highest BCUT2D eigenvalue weighted by Crippen LogP contribution is 2.28. The van der Waals surface area contributed by atoms with E-state index in [1.807, 2.05) is 0 Å². The third-order valence-corrected chi connectivity index (χ3v) is 4.93. The van der Waals surface area contributed by atoms with Crippen LogP contribution in [-0.4, -0.2) is 34.9 Å². The Morgan fingerprint density at radius 3 is 2.32 bits per heavy atom. The third-order valence-electron chi connectivity index (χ3n) is 4.66. The van der Waals surface area contributed by atoms with Crippen molar-refractivity contribution in [1.82, 2.24) is 15.3 Å². The van der Waals surface area contributed by atoms with Gasteiger partial charge in [0.2, 0.25) is 0 Å². The summed E-state index contributed by atoms with van der Waals surface area (Å²) in [6.07, 6.45) is -0.919. The number of hydrogen-bond acceptors (Lipinski definition) is 5. The van der Waals surface area contributed by atoms with Gasteiger partial charge in [0.15, 0.2) is 0 Å². The lowest BCUT2D eigenvalue weighted by molar-refractivity contribution is 0.0503. The molecule has 0 aliphatic rings. The lowest BCUT2D eigenvalue weighted by Crippen LogP contribution is -2.35. The van der Waals surface area contributed by atoms with Crippen LogP contribution in [0, 0.1) is 5.82 Å². The molecule has 2 aromatic carbocycles. The molecule has 3 aromatic rings. The molecule has 0 saturated heterocycles. The minimum atomic E-state index is -0.673. The molecule has 0 aliphatic carbocycles. The quantitative estimate of drug-likeness (QED) is 0.403. The summed E-state index contributed by atoms with van der Waals surface area (Å²) < 4.78 is 23.4. The van der Waals surface area contributed by atoms with Gasteiger partial charge in [-0.05, 0) is 50.6 Å². The van der Waals surface area contributed by atoms with Crippen molar-refractivity contribution >= 4 is 29.5 Å². The van der Waals surface area contributed by atoms with E-state index >= 15 is 0 Å². The normalized spacial score (nSPS) is 12.1. The number of amides is 2. The summed E-state index contributed by atoms with van der Waals surface area (Å²) in [5.41, 5.74) is 1.80. The highest BCUT2D eigenvalue weighted by molar-refractivity contribution is 6.31. The molecule has 10 heteroatoms. The van der Waals surface area contributed by atoms with Crippen molar-refractivity contribution in [2.75, 3.05) is 12.4 Å². The first kappa shape index (κ1) is 25.0. The topological polar surface area (TPSA) is 105 Å². The number of carbonyl (C=O) groups excluding carboxylic acids is 2. The predicted molar refractivity (Wildman–Crippen MR) is 127 cm³/mol. The Morgan fingerprint density at radius 1 is 1.09 bits per heavy atom. The average Bonchev–Trinajstić information content (AvgIpc) is 3.13. The summed E-state index contributed by atoms with van der Waals surface area (Å²) in [4.78, 5) is 31.4. The summed E-state index contributed by atoms with van der Waals surface area (Å²) in [6.45, 7) is 5.30. The molecular formula is C24H26ClFN4O4. The summed E-state index contributed by atoms with van der Waals surface area (Å²) in [6, 6.07) is 12.2. The van der Waals surface area contributed by atoms with Crippen LogP contribution >= 0.6 is 11.6 Å². The van der Waals surface area contributed by atoms with Crippen molar-refractivity contribution in [3.63, 3.8) is 0 Å². The second-order valence-electron chi connectivity index (χ2n) is 8.49. The van der Waals surface area contributed by atoms with Gasteiger partial charge in [0, 0.05) is 17.7 Å². The number of ether oxygens (including phenoxy) is 2. The lowest BCUT2D eigenvalue weighted by atomic mass is 10.0. The molecule has 0 radical (unpaired) electrons. The zero-order chi connectivity index (χ0) is 24.9. The Labute approximate surface area is 201 Å². The van der Waals surface area contributed by atoms with Gasteiger partial charge in [-0.25, -0.2) is 19.0 Å². The molecule has 180 valence electrons. The van der Waals surface area contributed by atoms with Gasteiger partial charge in [0.05, 0.1) is 13.2 Å². The Balaban J connectivity index is 1.81. The first-order valence-corrected chi connectivity index (χ1v) is 10.9. The van der Waals surface area contributed by atoms with E-state index in [2.05, 4.69) is 25.3 Å². The lowest BCUT2D eigenvalue weighted by Gasteiger charge is -2.23. The molecule has 0 fully saturated rings. The molecule has 0 spiro atoms. The van der Waals surface area contributed by atoms with Crippen molar-refractivity contribution in [2.24, 2.45) is 0 Å². The van der Waals surface area contributed by atoms with Crippen molar-refractivity contribution < 1.29 is 23.5 Å². The fourth-order valence-electron chi connectivity index (χ4n) is 3.16. The second-order valence-corrected chi connectivity index (χ2v) is 8.87. The largest absolute Gasteiger partial charge is 0.453 e. The number of anilines is 1. The monoisotopic (exact) mass is 488 g/mol. The maximum Gasteiger partial charge on any atom is 0.411 e. The predicted octanol–water partition coefficient (Wildman–Crippen LogP) is 5.86. The second kappa shape index (κ2) is 10.6. The molecule has 3 rings (SSSR count). The summed E-state index contributed by atoms with van der Waals surface area (Å²) >= 11 is 6.40. The molecule has 8 nitrogen and oxygen atoms in total. The highest BCUT2D eigenvalue weighted by atomic mass is 35.5. The van der Waals surface area contributed by atoms with Crippen LogP contribution in [-0.2, 0) is 15.9 Å². The van der Waals surface area contributed by atoms with E-state index in [9.17, 15) is 14.0 Å². The molecule has 0 bridgehead atoms. The van der Waals surface area contributed by atoms with Crippen molar-refractivity contribution in [3.8, 4) is 11.3 Å². The number of benzene rings is 2. The minimum absolute atomic E-state index is 0.257. The van der Waals surface area contributed by atoms with Crippen LogP contribution in [0.3, 0.4) is 0 Å². The number of H-pyrrole nitrogens is 1. The van der Waals surface area contributed by atoms with Gasteiger partial charge in [0.1, 0.15) is 28.1 Å². The highest BCUT2D eigenvalue weighted by Gasteiger charge is 2.23. The molecule has 2 amide bonds. The molecule has 0 aliphatic heterocycles. The van der Waals surface area contributed by atoms with Gasteiger partial charge in [-0.15, -0.1) is 0 Å². The number of alkyl carbamates (subject to hydrolysis) is 1. The van der Waals surface area contributed by atoms with Crippen molar-refractivity contribution in [1.29, 1.82) is 0 Å². The maximum atomic E-state index is 13.4. The van der Waals surface area contributed by atoms with E-state index in [4.69, 9.17) is 16.3 Å². The Hall–Kier alpha value is -3.59. The number of imidazole rings is 1. The summed E-state index contributed by atoms with van der Waals surface area (Å²) in [5.74, 6) is 0.135. The maximum absolute atomic E-state index is 13.4. The fourth-order valence-corrected chi connectivity index (χ4v) is 3.42. The molecule has 0 unspecified atom stereocenters. The SMILES string of the molecule is COC(=O)Nc1ccc(-c2nc(C[C@H](NC(=O)OC(C)(C)C)c3ccc(F)cc3)[nH]c2Cl)cc1. The number of nitrogens with one attached hydrogen (secondary N) is 3. The number of carbonyl (C=O) groups is 2. The summed E-state index contributed by atoms with van der Waals surface area (Å²) in [5, 5.41) is 5.71. The molecule has 1 heterocycles. The van der Waals surface area contributed by atoms with E-state index in [1.165, 1.54) is 19.2 Å². The smallest absolute Gasteiger partial charge is 0.411 e. The van der Waals surface area contributed by atoms with E-state index in [0.29, 0.717) is 27.9 Å². The van der Waals surface area contributed by atoms with Crippen LogP contribution < -0.4 is 10.6 Å². The number of aromatic nitrogens is 2. The first-order chi connectivity index (χ1) is 16.0. The standard InChI is InChI=1S/C24H26ClFN4O4/c1-24(2,3)34-23(32)28-18(14-5-9-16(26)10-6-14)13-19-29-20(21(25)30-19)15-7-11-17(12-8-15)27-22(31)33-4/h5-12,18H,13H2,1-4H3,(H,27,31)(H,28,32)(H,29,30)/t18-/m0/s1. The number of methoxy groups -OCH3 is 1. The Bertz CT molecular complexity index is 1140. The van der Waals surface area contributed by atoms with Crippen molar-refractivity contribution in [3.05, 3.63) is 70.9 Å². The fraction of sp³-hybridized carbons (Fsp3) is 0.292. The number of halogens is 2. The van der Waals surface area contributed by atoms with E-state index in [1.54, 1.807) is 57.2 Å². The molecule has 34 heavy (non-hydrogen) atoms.